The van der Waals surface area contributed by atoms with Gasteiger partial charge in [-0.1, -0.05) is 6.07 Å². The normalized spacial score (nSPS) is 14.1. The minimum atomic E-state index is -0.786. The highest BCUT2D eigenvalue weighted by Crippen LogP contribution is 2.27. The van der Waals surface area contributed by atoms with E-state index in [0.717, 1.165) is 37.4 Å². The number of hydrogen-bond acceptors (Lipinski definition) is 7. The van der Waals surface area contributed by atoms with Gasteiger partial charge in [-0.2, -0.15) is 0 Å². The van der Waals surface area contributed by atoms with E-state index in [2.05, 4.69) is 20.6 Å². The zero-order valence-corrected chi connectivity index (χ0v) is 18.5. The first-order chi connectivity index (χ1) is 16.0. The number of aromatic nitrogens is 2. The summed E-state index contributed by atoms with van der Waals surface area (Å²) in [7, 11) is 1.33. The van der Waals surface area contributed by atoms with Crippen molar-refractivity contribution in [2.45, 2.75) is 32.5 Å². The summed E-state index contributed by atoms with van der Waals surface area (Å²) in [6.07, 6.45) is 5.04. The number of nitrogens with zero attached hydrogens (tertiary/aromatic N) is 2. The van der Waals surface area contributed by atoms with Crippen LogP contribution in [-0.4, -0.2) is 36.3 Å². The minimum absolute atomic E-state index is 0.0327. The maximum atomic E-state index is 14.4. The van der Waals surface area contributed by atoms with Crippen LogP contribution in [0.4, 0.5) is 20.4 Å². The van der Waals surface area contributed by atoms with Crippen LogP contribution in [0.2, 0.25) is 0 Å². The topological polar surface area (TPSA) is 77.5 Å². The molecule has 0 unspecified atom stereocenters. The van der Waals surface area contributed by atoms with E-state index in [1.165, 1.54) is 32.5 Å². The summed E-state index contributed by atoms with van der Waals surface area (Å²) in [5.74, 6) is -0.0663. The van der Waals surface area contributed by atoms with Crippen LogP contribution in [0.3, 0.4) is 0 Å². The molecule has 0 bridgehead atoms. The molecule has 1 fully saturated rings. The van der Waals surface area contributed by atoms with Crippen molar-refractivity contribution in [3.63, 3.8) is 0 Å². The Balaban J connectivity index is 1.37. The monoisotopic (exact) mass is 456 g/mol. The third-order valence-corrected chi connectivity index (χ3v) is 5.35. The summed E-state index contributed by atoms with van der Waals surface area (Å²) in [6.45, 7) is 3.14. The van der Waals surface area contributed by atoms with Gasteiger partial charge in [-0.15, -0.1) is 0 Å². The molecule has 2 aromatic carbocycles. The van der Waals surface area contributed by atoms with Gasteiger partial charge in [0.15, 0.2) is 17.3 Å². The molecule has 1 aliphatic heterocycles. The quantitative estimate of drug-likeness (QED) is 0.516. The van der Waals surface area contributed by atoms with E-state index in [0.29, 0.717) is 5.95 Å². The summed E-state index contributed by atoms with van der Waals surface area (Å²) in [5.41, 5.74) is 0.847. The van der Waals surface area contributed by atoms with E-state index >= 15 is 0 Å². The van der Waals surface area contributed by atoms with Crippen molar-refractivity contribution in [3.8, 4) is 17.2 Å². The number of halogens is 2. The lowest BCUT2D eigenvalue weighted by Crippen LogP contribution is -2.34. The van der Waals surface area contributed by atoms with Crippen LogP contribution >= 0.6 is 0 Å². The van der Waals surface area contributed by atoms with Gasteiger partial charge in [0, 0.05) is 11.8 Å². The van der Waals surface area contributed by atoms with Crippen molar-refractivity contribution in [3.05, 3.63) is 65.5 Å². The van der Waals surface area contributed by atoms with E-state index < -0.39 is 11.6 Å². The lowest BCUT2D eigenvalue weighted by molar-refractivity contribution is 0.162. The van der Waals surface area contributed by atoms with Crippen LogP contribution in [0.15, 0.2) is 42.7 Å². The molecule has 1 aliphatic rings. The smallest absolute Gasteiger partial charge is 0.227 e. The molecule has 9 heteroatoms. The highest BCUT2D eigenvalue weighted by Gasteiger charge is 2.18. The zero-order chi connectivity index (χ0) is 23.2. The molecular formula is C24H26F2N4O3. The van der Waals surface area contributed by atoms with Crippen molar-refractivity contribution in [2.75, 3.05) is 25.5 Å². The summed E-state index contributed by atoms with van der Waals surface area (Å²) in [4.78, 5) is 8.44. The Morgan fingerprint density at radius 2 is 1.82 bits per heavy atom. The second kappa shape index (κ2) is 10.4. The first-order valence-electron chi connectivity index (χ1n) is 10.7. The first-order valence-corrected chi connectivity index (χ1v) is 10.7. The van der Waals surface area contributed by atoms with Crippen molar-refractivity contribution >= 4 is 11.6 Å². The largest absolute Gasteiger partial charge is 0.494 e. The van der Waals surface area contributed by atoms with Crippen LogP contribution in [0.25, 0.3) is 0 Å². The number of benzene rings is 2. The summed E-state index contributed by atoms with van der Waals surface area (Å²) < 4.78 is 45.3. The second-order valence-electron chi connectivity index (χ2n) is 7.75. The van der Waals surface area contributed by atoms with Crippen LogP contribution < -0.4 is 24.8 Å². The van der Waals surface area contributed by atoms with Crippen LogP contribution in [0, 0.1) is 18.6 Å². The van der Waals surface area contributed by atoms with Gasteiger partial charge in [-0.25, -0.2) is 18.7 Å². The van der Waals surface area contributed by atoms with E-state index in [4.69, 9.17) is 14.2 Å². The summed E-state index contributed by atoms with van der Waals surface area (Å²) in [6, 6.07) is 8.91. The van der Waals surface area contributed by atoms with Crippen molar-refractivity contribution in [1.82, 2.24) is 15.3 Å². The molecular weight excluding hydrogens is 430 g/mol. The van der Waals surface area contributed by atoms with Crippen molar-refractivity contribution in [2.24, 2.45) is 0 Å². The molecule has 0 saturated carbocycles. The van der Waals surface area contributed by atoms with E-state index in [1.54, 1.807) is 0 Å². The minimum Gasteiger partial charge on any atom is -0.494 e. The number of piperidine rings is 1. The van der Waals surface area contributed by atoms with Gasteiger partial charge in [0.2, 0.25) is 5.95 Å². The third kappa shape index (κ3) is 5.67. The average molecular weight is 456 g/mol. The van der Waals surface area contributed by atoms with Gasteiger partial charge in [0.1, 0.15) is 24.3 Å². The molecule has 0 aliphatic carbocycles. The van der Waals surface area contributed by atoms with Crippen molar-refractivity contribution in [1.29, 1.82) is 0 Å². The van der Waals surface area contributed by atoms with Crippen LogP contribution in [-0.2, 0) is 6.61 Å². The first kappa shape index (κ1) is 22.7. The van der Waals surface area contributed by atoms with Gasteiger partial charge in [-0.05, 0) is 56.6 Å². The number of aryl methyl sites for hydroxylation is 1. The molecule has 0 atom stereocenters. The number of nitrogens with one attached hydrogen (secondary N) is 2. The van der Waals surface area contributed by atoms with E-state index in [1.807, 2.05) is 24.3 Å². The fourth-order valence-corrected chi connectivity index (χ4v) is 3.57. The Kier molecular flexibility index (Phi) is 7.19. The Labute approximate surface area is 191 Å². The van der Waals surface area contributed by atoms with Gasteiger partial charge in [-0.3, -0.25) is 0 Å². The standard InChI is InChI=1S/C24H26F2N4O3/c1-15-10-21(31-2)23(26)20(22(15)25)14-32-19-12-28-24(29-13-19)30-16-4-3-5-18(11-16)33-17-6-8-27-9-7-17/h3-5,10-13,17,27H,6-9,14H2,1-2H3,(H,28,29,30). The molecule has 1 saturated heterocycles. The molecule has 2 heterocycles. The number of ether oxygens (including phenoxy) is 3. The molecule has 4 rings (SSSR count). The molecule has 1 aromatic heterocycles. The molecule has 0 amide bonds. The molecule has 3 aromatic rings. The Hall–Kier alpha value is -3.46. The summed E-state index contributed by atoms with van der Waals surface area (Å²) >= 11 is 0. The molecule has 0 spiro atoms. The van der Waals surface area contributed by atoms with Gasteiger partial charge < -0.3 is 24.8 Å². The number of anilines is 2. The predicted octanol–water partition coefficient (Wildman–Crippen LogP) is 4.53. The molecule has 174 valence electrons. The fourth-order valence-electron chi connectivity index (χ4n) is 3.57. The average Bonchev–Trinajstić information content (AvgIpc) is 2.83. The van der Waals surface area contributed by atoms with Crippen LogP contribution in [0.5, 0.6) is 17.2 Å². The molecule has 2 N–H and O–H groups in total. The summed E-state index contributed by atoms with van der Waals surface area (Å²) in [5, 5.41) is 6.44. The maximum absolute atomic E-state index is 14.4. The van der Waals surface area contributed by atoms with Crippen molar-refractivity contribution < 1.29 is 23.0 Å². The Morgan fingerprint density at radius 3 is 2.55 bits per heavy atom. The number of rotatable bonds is 8. The van der Waals surface area contributed by atoms with Gasteiger partial charge >= 0.3 is 0 Å². The Morgan fingerprint density at radius 1 is 1.06 bits per heavy atom. The Bertz CT molecular complexity index is 1090. The molecule has 7 nitrogen and oxygen atoms in total. The van der Waals surface area contributed by atoms with Gasteiger partial charge in [0.25, 0.3) is 0 Å². The van der Waals surface area contributed by atoms with Gasteiger partial charge in [0.05, 0.1) is 25.1 Å². The zero-order valence-electron chi connectivity index (χ0n) is 18.5. The number of hydrogen-bond donors (Lipinski definition) is 2. The second-order valence-corrected chi connectivity index (χ2v) is 7.75. The van der Waals surface area contributed by atoms with E-state index in [9.17, 15) is 8.78 Å². The predicted molar refractivity (Wildman–Crippen MR) is 120 cm³/mol. The maximum Gasteiger partial charge on any atom is 0.227 e. The fraction of sp³-hybridized carbons (Fsp3) is 0.333. The van der Waals surface area contributed by atoms with E-state index in [-0.39, 0.29) is 35.3 Å². The highest BCUT2D eigenvalue weighted by atomic mass is 19.1. The number of methoxy groups -OCH3 is 1. The highest BCUT2D eigenvalue weighted by molar-refractivity contribution is 5.55. The third-order valence-electron chi connectivity index (χ3n) is 5.35. The lowest BCUT2D eigenvalue weighted by atomic mass is 10.1. The SMILES string of the molecule is COc1cc(C)c(F)c(COc2cnc(Nc3cccc(OC4CCNCC4)c3)nc2)c1F. The van der Waals surface area contributed by atoms with Crippen LogP contribution in [0.1, 0.15) is 24.0 Å². The molecule has 0 radical (unpaired) electrons. The molecule has 33 heavy (non-hydrogen) atoms. The lowest BCUT2D eigenvalue weighted by Gasteiger charge is -2.24.